The summed E-state index contributed by atoms with van der Waals surface area (Å²) >= 11 is 5.80. The Morgan fingerprint density at radius 2 is 2.08 bits per heavy atom. The fraction of sp³-hybridized carbons (Fsp3) is 0.400. The van der Waals surface area contributed by atoms with E-state index in [9.17, 15) is 14.3 Å². The monoisotopic (exact) mass is 540 g/mol. The molecule has 3 aromatic rings. The number of halogens is 3. The molecule has 1 unspecified atom stereocenters. The lowest BCUT2D eigenvalue weighted by molar-refractivity contribution is -0.137. The zero-order chi connectivity index (χ0) is 27.1. The number of methoxy groups -OCH3 is 1. The van der Waals surface area contributed by atoms with Gasteiger partial charge in [0.1, 0.15) is 17.7 Å². The van der Waals surface area contributed by atoms with Crippen molar-refractivity contribution in [2.75, 3.05) is 26.7 Å². The molecular weight excluding hydrogens is 510 g/mol. The normalized spacial score (nSPS) is 18.5. The number of hydrogen-bond donors (Lipinski definition) is 1. The Balaban J connectivity index is 1.40. The molecule has 0 spiro atoms. The minimum atomic E-state index is -1.16. The molecule has 2 aromatic carbocycles. The van der Waals surface area contributed by atoms with Gasteiger partial charge in [0.2, 0.25) is 0 Å². The minimum Gasteiger partial charge on any atom is -0.497 e. The van der Waals surface area contributed by atoms with E-state index in [1.54, 1.807) is 31.5 Å². The summed E-state index contributed by atoms with van der Waals surface area (Å²) in [5.41, 5.74) is 1.61. The summed E-state index contributed by atoms with van der Waals surface area (Å²) in [6.45, 7) is 1.91. The third-order valence-electron chi connectivity index (χ3n) is 7.27. The SMILES string of the molecule is COc1ccc2nccc(C(F)CC[C@@H]3CCN(CC#Cc4ccc(Cl)cc4F)C[C@@H]3CCC(=O)O)c2c1. The average molecular weight is 541 g/mol. The van der Waals surface area contributed by atoms with E-state index in [2.05, 4.69) is 21.7 Å². The van der Waals surface area contributed by atoms with Crippen LogP contribution in [0.1, 0.15) is 49.4 Å². The summed E-state index contributed by atoms with van der Waals surface area (Å²) < 4.78 is 34.8. The molecule has 0 amide bonds. The van der Waals surface area contributed by atoms with Crippen LogP contribution in [-0.4, -0.2) is 47.7 Å². The molecule has 200 valence electrons. The molecular formula is C30H31ClF2N2O3. The van der Waals surface area contributed by atoms with Crippen molar-refractivity contribution in [3.63, 3.8) is 0 Å². The van der Waals surface area contributed by atoms with Crippen molar-refractivity contribution >= 4 is 28.5 Å². The number of pyridine rings is 1. The van der Waals surface area contributed by atoms with Crippen LogP contribution in [0.25, 0.3) is 10.9 Å². The molecule has 1 aliphatic rings. The largest absolute Gasteiger partial charge is 0.497 e. The van der Waals surface area contributed by atoms with Crippen LogP contribution in [0.3, 0.4) is 0 Å². The Hall–Kier alpha value is -3.21. The summed E-state index contributed by atoms with van der Waals surface area (Å²) in [5.74, 6) is 5.59. The number of carboxylic acids is 1. The highest BCUT2D eigenvalue weighted by Crippen LogP contribution is 2.36. The quantitative estimate of drug-likeness (QED) is 0.307. The maximum Gasteiger partial charge on any atom is 0.303 e. The predicted molar refractivity (Wildman–Crippen MR) is 145 cm³/mol. The first kappa shape index (κ1) is 27.8. The standard InChI is InChI=1S/C30H31ClF2N2O3/c1-38-24-8-10-29-26(18-24)25(12-14-34-29)27(32)9-5-20-13-16-35(19-22(20)6-11-30(36)37)15-2-3-21-4-7-23(31)17-28(21)33/h4,7-8,10,12,14,17-18,20,22,27H,5-6,9,11,13,15-16,19H2,1H3,(H,36,37)/t20-,22+,27?/m1/s1. The molecule has 1 saturated heterocycles. The first-order valence-electron chi connectivity index (χ1n) is 12.8. The third-order valence-corrected chi connectivity index (χ3v) is 7.51. The first-order chi connectivity index (χ1) is 18.3. The molecule has 5 nitrogen and oxygen atoms in total. The molecule has 3 atom stereocenters. The summed E-state index contributed by atoms with van der Waals surface area (Å²) in [6.07, 6.45) is 2.91. The van der Waals surface area contributed by atoms with Gasteiger partial charge in [-0.05, 0) is 92.1 Å². The van der Waals surface area contributed by atoms with Crippen LogP contribution in [0.2, 0.25) is 5.02 Å². The number of ether oxygens (including phenoxy) is 1. The molecule has 1 aliphatic heterocycles. The van der Waals surface area contributed by atoms with Crippen molar-refractivity contribution in [2.24, 2.45) is 11.8 Å². The Kier molecular flexibility index (Phi) is 9.54. The summed E-state index contributed by atoms with van der Waals surface area (Å²) in [6, 6.07) is 11.6. The van der Waals surface area contributed by atoms with Gasteiger partial charge in [0, 0.05) is 29.6 Å². The van der Waals surface area contributed by atoms with Crippen molar-refractivity contribution < 1.29 is 23.4 Å². The molecule has 4 rings (SSSR count). The summed E-state index contributed by atoms with van der Waals surface area (Å²) in [5, 5.41) is 10.3. The molecule has 2 heterocycles. The van der Waals surface area contributed by atoms with Crippen LogP contribution in [0.4, 0.5) is 8.78 Å². The van der Waals surface area contributed by atoms with Gasteiger partial charge in [-0.1, -0.05) is 23.4 Å². The topological polar surface area (TPSA) is 62.7 Å². The second-order valence-electron chi connectivity index (χ2n) is 9.73. The number of nitrogens with zero attached hydrogens (tertiary/aromatic N) is 2. The highest BCUT2D eigenvalue weighted by Gasteiger charge is 2.30. The molecule has 0 aliphatic carbocycles. The molecule has 0 radical (unpaired) electrons. The maximum absolute atomic E-state index is 15.5. The Morgan fingerprint density at radius 3 is 2.84 bits per heavy atom. The molecule has 1 fully saturated rings. The number of carboxylic acid groups (broad SMARTS) is 1. The average Bonchev–Trinajstić information content (AvgIpc) is 2.91. The Morgan fingerprint density at radius 1 is 1.24 bits per heavy atom. The number of carbonyl (C=O) groups is 1. The van der Waals surface area contributed by atoms with Gasteiger partial charge < -0.3 is 9.84 Å². The Bertz CT molecular complexity index is 1340. The summed E-state index contributed by atoms with van der Waals surface area (Å²) in [7, 11) is 1.58. The van der Waals surface area contributed by atoms with Crippen LogP contribution in [0.15, 0.2) is 48.7 Å². The van der Waals surface area contributed by atoms with Crippen molar-refractivity contribution in [1.29, 1.82) is 0 Å². The molecule has 38 heavy (non-hydrogen) atoms. The van der Waals surface area contributed by atoms with E-state index in [-0.39, 0.29) is 18.3 Å². The number of benzene rings is 2. The third kappa shape index (κ3) is 7.21. The molecule has 8 heteroatoms. The molecule has 0 bridgehead atoms. The number of alkyl halides is 1. The fourth-order valence-electron chi connectivity index (χ4n) is 5.22. The lowest BCUT2D eigenvalue weighted by Gasteiger charge is -2.38. The number of aromatic nitrogens is 1. The van der Waals surface area contributed by atoms with Gasteiger partial charge in [-0.2, -0.15) is 0 Å². The zero-order valence-electron chi connectivity index (χ0n) is 21.3. The van der Waals surface area contributed by atoms with Gasteiger partial charge in [-0.15, -0.1) is 0 Å². The van der Waals surface area contributed by atoms with E-state index in [0.29, 0.717) is 54.3 Å². The number of aliphatic carboxylic acids is 1. The van der Waals surface area contributed by atoms with Gasteiger partial charge in [0.25, 0.3) is 0 Å². The van der Waals surface area contributed by atoms with E-state index in [0.717, 1.165) is 23.9 Å². The maximum atomic E-state index is 15.5. The predicted octanol–water partition coefficient (Wildman–Crippen LogP) is 6.68. The van der Waals surface area contributed by atoms with E-state index in [1.165, 1.54) is 6.07 Å². The van der Waals surface area contributed by atoms with Gasteiger partial charge in [-0.3, -0.25) is 14.7 Å². The van der Waals surface area contributed by atoms with Crippen LogP contribution in [0, 0.1) is 29.5 Å². The van der Waals surface area contributed by atoms with Crippen molar-refractivity contribution in [2.45, 2.75) is 38.3 Å². The van der Waals surface area contributed by atoms with E-state index >= 15 is 4.39 Å². The summed E-state index contributed by atoms with van der Waals surface area (Å²) in [4.78, 5) is 17.8. The Labute approximate surface area is 226 Å². The highest BCUT2D eigenvalue weighted by atomic mass is 35.5. The number of fused-ring (bicyclic) bond motifs is 1. The lowest BCUT2D eigenvalue weighted by atomic mass is 9.79. The van der Waals surface area contributed by atoms with Gasteiger partial charge in [0.05, 0.1) is 24.7 Å². The lowest BCUT2D eigenvalue weighted by Crippen LogP contribution is -2.41. The molecule has 1 aromatic heterocycles. The first-order valence-corrected chi connectivity index (χ1v) is 13.2. The van der Waals surface area contributed by atoms with Crippen molar-refractivity contribution in [3.8, 4) is 17.6 Å². The second kappa shape index (κ2) is 13.0. The van der Waals surface area contributed by atoms with Crippen molar-refractivity contribution in [1.82, 2.24) is 9.88 Å². The van der Waals surface area contributed by atoms with Crippen LogP contribution in [-0.2, 0) is 4.79 Å². The van der Waals surface area contributed by atoms with Crippen LogP contribution >= 0.6 is 11.6 Å². The van der Waals surface area contributed by atoms with Crippen molar-refractivity contribution in [3.05, 3.63) is 70.6 Å². The number of likely N-dealkylation sites (tertiary alicyclic amines) is 1. The van der Waals surface area contributed by atoms with Gasteiger partial charge in [-0.25, -0.2) is 8.78 Å². The fourth-order valence-corrected chi connectivity index (χ4v) is 5.37. The van der Waals surface area contributed by atoms with Gasteiger partial charge in [0.15, 0.2) is 0 Å². The highest BCUT2D eigenvalue weighted by molar-refractivity contribution is 6.30. The number of hydrogen-bond acceptors (Lipinski definition) is 4. The molecule has 1 N–H and O–H groups in total. The smallest absolute Gasteiger partial charge is 0.303 e. The second-order valence-corrected chi connectivity index (χ2v) is 10.2. The molecule has 0 saturated carbocycles. The number of rotatable bonds is 9. The minimum absolute atomic E-state index is 0.0739. The van der Waals surface area contributed by atoms with Gasteiger partial charge >= 0.3 is 5.97 Å². The van der Waals surface area contributed by atoms with E-state index < -0.39 is 18.0 Å². The van der Waals surface area contributed by atoms with E-state index in [4.69, 9.17) is 16.3 Å². The number of piperidine rings is 1. The van der Waals surface area contributed by atoms with E-state index in [1.807, 2.05) is 18.2 Å². The van der Waals surface area contributed by atoms with Crippen LogP contribution in [0.5, 0.6) is 5.75 Å². The zero-order valence-corrected chi connectivity index (χ0v) is 22.1. The van der Waals surface area contributed by atoms with Crippen LogP contribution < -0.4 is 4.74 Å².